The zero-order valence-corrected chi connectivity index (χ0v) is 6.92. The predicted molar refractivity (Wildman–Crippen MR) is 46.3 cm³/mol. The summed E-state index contributed by atoms with van der Waals surface area (Å²) >= 11 is 0. The molecule has 0 amide bonds. The van der Waals surface area contributed by atoms with Gasteiger partial charge < -0.3 is 5.11 Å². The fourth-order valence-electron chi connectivity index (χ4n) is 0.988. The summed E-state index contributed by atoms with van der Waals surface area (Å²) in [4.78, 5) is 0. The van der Waals surface area contributed by atoms with Crippen molar-refractivity contribution in [3.8, 4) is 0 Å². The largest absolute Gasteiger partial charge is 0.384 e. The SMILES string of the molecule is C=CC(O)c1ccc(F)c(C)c1. The van der Waals surface area contributed by atoms with Crippen molar-refractivity contribution in [3.05, 3.63) is 47.8 Å². The molecule has 1 atom stereocenters. The second-order valence-corrected chi connectivity index (χ2v) is 2.69. The highest BCUT2D eigenvalue weighted by atomic mass is 19.1. The fourth-order valence-corrected chi connectivity index (χ4v) is 0.988. The molecule has 0 radical (unpaired) electrons. The van der Waals surface area contributed by atoms with Crippen LogP contribution in [0.4, 0.5) is 4.39 Å². The number of aliphatic hydroxyl groups excluding tert-OH is 1. The molecule has 0 bridgehead atoms. The van der Waals surface area contributed by atoms with Crippen LogP contribution in [0.25, 0.3) is 0 Å². The van der Waals surface area contributed by atoms with Gasteiger partial charge in [-0.1, -0.05) is 18.2 Å². The highest BCUT2D eigenvalue weighted by Crippen LogP contribution is 2.16. The molecular weight excluding hydrogens is 155 g/mol. The average molecular weight is 166 g/mol. The zero-order valence-electron chi connectivity index (χ0n) is 6.92. The van der Waals surface area contributed by atoms with Crippen LogP contribution in [0.15, 0.2) is 30.9 Å². The molecule has 1 aromatic carbocycles. The summed E-state index contributed by atoms with van der Waals surface area (Å²) in [7, 11) is 0. The molecule has 1 N–H and O–H groups in total. The van der Waals surface area contributed by atoms with Gasteiger partial charge in [-0.25, -0.2) is 4.39 Å². The highest BCUT2D eigenvalue weighted by Gasteiger charge is 2.04. The topological polar surface area (TPSA) is 20.2 Å². The van der Waals surface area contributed by atoms with E-state index in [4.69, 9.17) is 0 Å². The number of rotatable bonds is 2. The predicted octanol–water partition coefficient (Wildman–Crippen LogP) is 2.35. The summed E-state index contributed by atoms with van der Waals surface area (Å²) in [5, 5.41) is 9.30. The van der Waals surface area contributed by atoms with E-state index in [0.717, 1.165) is 0 Å². The molecule has 1 aromatic rings. The first-order valence-corrected chi connectivity index (χ1v) is 3.72. The first kappa shape index (κ1) is 8.94. The maximum atomic E-state index is 12.8. The summed E-state index contributed by atoms with van der Waals surface area (Å²) in [6, 6.07) is 4.51. The van der Waals surface area contributed by atoms with Crippen LogP contribution in [0.3, 0.4) is 0 Å². The molecule has 1 nitrogen and oxygen atoms in total. The van der Waals surface area contributed by atoms with Crippen molar-refractivity contribution in [1.82, 2.24) is 0 Å². The van der Waals surface area contributed by atoms with Crippen molar-refractivity contribution >= 4 is 0 Å². The number of hydrogen-bond donors (Lipinski definition) is 1. The molecule has 64 valence electrons. The molecule has 1 rings (SSSR count). The molecule has 0 fully saturated rings. The summed E-state index contributed by atoms with van der Waals surface area (Å²) in [5.74, 6) is -0.255. The Morgan fingerprint density at radius 2 is 2.25 bits per heavy atom. The lowest BCUT2D eigenvalue weighted by atomic mass is 10.1. The lowest BCUT2D eigenvalue weighted by molar-refractivity contribution is 0.229. The quantitative estimate of drug-likeness (QED) is 0.668. The molecule has 0 aliphatic carbocycles. The Labute approximate surface area is 71.2 Å². The van der Waals surface area contributed by atoms with E-state index in [9.17, 15) is 9.50 Å². The van der Waals surface area contributed by atoms with Crippen LogP contribution in [0.1, 0.15) is 17.2 Å². The van der Waals surface area contributed by atoms with Gasteiger partial charge in [0.1, 0.15) is 5.82 Å². The number of halogens is 1. The molecular formula is C10H11FO. The second-order valence-electron chi connectivity index (χ2n) is 2.69. The normalized spacial score (nSPS) is 12.6. The maximum Gasteiger partial charge on any atom is 0.126 e. The van der Waals surface area contributed by atoms with Gasteiger partial charge in [-0.05, 0) is 24.1 Å². The van der Waals surface area contributed by atoms with E-state index in [-0.39, 0.29) is 5.82 Å². The van der Waals surface area contributed by atoms with Crippen LogP contribution in [0.5, 0.6) is 0 Å². The standard InChI is InChI=1S/C10H11FO/c1-3-10(12)8-4-5-9(11)7(2)6-8/h3-6,10,12H,1H2,2H3. The zero-order chi connectivity index (χ0) is 9.14. The number of benzene rings is 1. The number of aryl methyl sites for hydroxylation is 1. The molecule has 0 aliphatic rings. The molecule has 0 saturated carbocycles. The molecule has 1 unspecified atom stereocenters. The van der Waals surface area contributed by atoms with Gasteiger partial charge in [-0.3, -0.25) is 0 Å². The number of hydrogen-bond acceptors (Lipinski definition) is 1. The Balaban J connectivity index is 3.04. The van der Waals surface area contributed by atoms with Gasteiger partial charge >= 0.3 is 0 Å². The maximum absolute atomic E-state index is 12.8. The Morgan fingerprint density at radius 1 is 1.58 bits per heavy atom. The molecule has 0 aromatic heterocycles. The minimum atomic E-state index is -0.704. The van der Waals surface area contributed by atoms with E-state index >= 15 is 0 Å². The van der Waals surface area contributed by atoms with Crippen molar-refractivity contribution in [2.45, 2.75) is 13.0 Å². The molecule has 0 heterocycles. The molecule has 12 heavy (non-hydrogen) atoms. The summed E-state index contributed by atoms with van der Waals surface area (Å²) in [6.45, 7) is 5.11. The minimum Gasteiger partial charge on any atom is -0.384 e. The van der Waals surface area contributed by atoms with Gasteiger partial charge in [-0.2, -0.15) is 0 Å². The van der Waals surface area contributed by atoms with E-state index in [1.807, 2.05) is 0 Å². The van der Waals surface area contributed by atoms with Gasteiger partial charge in [0.25, 0.3) is 0 Å². The van der Waals surface area contributed by atoms with Crippen LogP contribution in [0.2, 0.25) is 0 Å². The van der Waals surface area contributed by atoms with Crippen LogP contribution in [0, 0.1) is 12.7 Å². The van der Waals surface area contributed by atoms with Crippen molar-refractivity contribution < 1.29 is 9.50 Å². The molecule has 0 saturated heterocycles. The van der Waals surface area contributed by atoms with Gasteiger partial charge in [0, 0.05) is 0 Å². The summed E-state index contributed by atoms with van der Waals surface area (Å²) in [6.07, 6.45) is 0.705. The van der Waals surface area contributed by atoms with Crippen molar-refractivity contribution in [2.75, 3.05) is 0 Å². The van der Waals surface area contributed by atoms with Gasteiger partial charge in [0.2, 0.25) is 0 Å². The second kappa shape index (κ2) is 3.50. The number of aliphatic hydroxyl groups is 1. The van der Waals surface area contributed by atoms with Gasteiger partial charge in [0.15, 0.2) is 0 Å². The van der Waals surface area contributed by atoms with Crippen molar-refractivity contribution in [1.29, 1.82) is 0 Å². The third-order valence-electron chi connectivity index (χ3n) is 1.75. The summed E-state index contributed by atoms with van der Waals surface area (Å²) < 4.78 is 12.8. The first-order valence-electron chi connectivity index (χ1n) is 3.72. The minimum absolute atomic E-state index is 0.255. The van der Waals surface area contributed by atoms with E-state index < -0.39 is 6.10 Å². The Morgan fingerprint density at radius 3 is 2.75 bits per heavy atom. The van der Waals surface area contributed by atoms with Crippen LogP contribution in [-0.4, -0.2) is 5.11 Å². The van der Waals surface area contributed by atoms with E-state index in [1.165, 1.54) is 12.1 Å². The monoisotopic (exact) mass is 166 g/mol. The van der Waals surface area contributed by atoms with Gasteiger partial charge in [0.05, 0.1) is 6.10 Å². The smallest absolute Gasteiger partial charge is 0.126 e. The fraction of sp³-hybridized carbons (Fsp3) is 0.200. The van der Waals surface area contributed by atoms with Crippen LogP contribution in [-0.2, 0) is 0 Å². The third-order valence-corrected chi connectivity index (χ3v) is 1.75. The highest BCUT2D eigenvalue weighted by molar-refractivity contribution is 5.27. The van der Waals surface area contributed by atoms with Crippen molar-refractivity contribution in [2.24, 2.45) is 0 Å². The van der Waals surface area contributed by atoms with E-state index in [2.05, 4.69) is 6.58 Å². The van der Waals surface area contributed by atoms with Crippen LogP contribution >= 0.6 is 0 Å². The average Bonchev–Trinajstić information content (AvgIpc) is 2.08. The molecule has 0 aliphatic heterocycles. The van der Waals surface area contributed by atoms with E-state index in [1.54, 1.807) is 19.1 Å². The Kier molecular flexibility index (Phi) is 2.61. The van der Waals surface area contributed by atoms with Gasteiger partial charge in [-0.15, -0.1) is 6.58 Å². The van der Waals surface area contributed by atoms with Crippen LogP contribution < -0.4 is 0 Å². The molecule has 2 heteroatoms. The Bertz CT molecular complexity index is 294. The first-order chi connectivity index (χ1) is 5.65. The Hall–Kier alpha value is -1.15. The summed E-state index contributed by atoms with van der Waals surface area (Å²) in [5.41, 5.74) is 1.21. The van der Waals surface area contributed by atoms with Crippen molar-refractivity contribution in [3.63, 3.8) is 0 Å². The molecule has 0 spiro atoms. The lowest BCUT2D eigenvalue weighted by Crippen LogP contribution is -1.94. The lowest BCUT2D eigenvalue weighted by Gasteiger charge is -2.06. The van der Waals surface area contributed by atoms with E-state index in [0.29, 0.717) is 11.1 Å². The third kappa shape index (κ3) is 1.71.